The van der Waals surface area contributed by atoms with Crippen molar-refractivity contribution >= 4 is 17.5 Å². The number of anilines is 2. The minimum absolute atomic E-state index is 0.0130. The van der Waals surface area contributed by atoms with Crippen LogP contribution in [0, 0.1) is 5.92 Å². The summed E-state index contributed by atoms with van der Waals surface area (Å²) in [6.45, 7) is 8.45. The molecule has 1 saturated carbocycles. The second-order valence-corrected chi connectivity index (χ2v) is 11.7. The molecule has 3 saturated heterocycles. The quantitative estimate of drug-likeness (QED) is 0.542. The lowest BCUT2D eigenvalue weighted by Crippen LogP contribution is -2.49. The van der Waals surface area contributed by atoms with E-state index in [1.165, 1.54) is 24.0 Å². The van der Waals surface area contributed by atoms with Crippen LogP contribution >= 0.6 is 0 Å². The van der Waals surface area contributed by atoms with Gasteiger partial charge in [0, 0.05) is 45.4 Å². The molecule has 0 spiro atoms. The number of carbonyl (C=O) groups is 1. The van der Waals surface area contributed by atoms with Crippen molar-refractivity contribution in [2.24, 2.45) is 5.92 Å². The minimum atomic E-state index is -0.0130. The Hall–Kier alpha value is -2.68. The Morgan fingerprint density at radius 1 is 0.872 bits per heavy atom. The summed E-state index contributed by atoms with van der Waals surface area (Å²) >= 11 is 0. The van der Waals surface area contributed by atoms with E-state index in [1.807, 2.05) is 17.2 Å². The third-order valence-electron chi connectivity index (χ3n) is 8.76. The highest BCUT2D eigenvalue weighted by Crippen LogP contribution is 2.40. The van der Waals surface area contributed by atoms with Crippen LogP contribution in [0.15, 0.2) is 42.6 Å². The highest BCUT2D eigenvalue weighted by molar-refractivity contribution is 5.92. The standard InChI is InChI=1S/C31H43N5O3/c37-31(33-28-11-17-38-18-12-28)36(29-7-8-30(32-21-29)35-15-19-39-20-16-35)23-25-9-13-34(14-10-25)22-24-1-3-26(4-2-24)27-5-6-27/h1-4,7-8,21,25,27-28H,5-6,9-20,22-23H2,(H,33,37). The van der Waals surface area contributed by atoms with Gasteiger partial charge in [-0.1, -0.05) is 24.3 Å². The average molecular weight is 534 g/mol. The largest absolute Gasteiger partial charge is 0.381 e. The van der Waals surface area contributed by atoms with Crippen LogP contribution in [0.3, 0.4) is 0 Å². The number of rotatable bonds is 8. The zero-order valence-electron chi connectivity index (χ0n) is 23.1. The maximum absolute atomic E-state index is 13.6. The van der Waals surface area contributed by atoms with Gasteiger partial charge >= 0.3 is 6.03 Å². The van der Waals surface area contributed by atoms with Gasteiger partial charge in [-0.15, -0.1) is 0 Å². The van der Waals surface area contributed by atoms with Gasteiger partial charge in [0.25, 0.3) is 0 Å². The number of carbonyl (C=O) groups excluding carboxylic acids is 1. The monoisotopic (exact) mass is 533 g/mol. The zero-order chi connectivity index (χ0) is 26.4. The Morgan fingerprint density at radius 2 is 1.59 bits per heavy atom. The van der Waals surface area contributed by atoms with E-state index in [1.54, 1.807) is 0 Å². The first kappa shape index (κ1) is 26.5. The molecule has 2 aromatic rings. The van der Waals surface area contributed by atoms with Crippen LogP contribution in [0.5, 0.6) is 0 Å². The van der Waals surface area contributed by atoms with Gasteiger partial charge in [-0.25, -0.2) is 9.78 Å². The van der Waals surface area contributed by atoms with E-state index in [9.17, 15) is 4.79 Å². The Morgan fingerprint density at radius 3 is 2.26 bits per heavy atom. The van der Waals surface area contributed by atoms with Crippen molar-refractivity contribution in [3.63, 3.8) is 0 Å². The number of pyridine rings is 1. The molecular formula is C31H43N5O3. The summed E-state index contributed by atoms with van der Waals surface area (Å²) in [4.78, 5) is 25.1. The van der Waals surface area contributed by atoms with Gasteiger partial charge in [0.2, 0.25) is 0 Å². The fourth-order valence-corrected chi connectivity index (χ4v) is 6.07. The van der Waals surface area contributed by atoms with Crippen molar-refractivity contribution in [2.45, 2.75) is 57.0 Å². The molecule has 6 rings (SSSR count). The Balaban J connectivity index is 1.07. The summed E-state index contributed by atoms with van der Waals surface area (Å²) < 4.78 is 11.0. The van der Waals surface area contributed by atoms with Crippen molar-refractivity contribution in [2.75, 3.05) is 69.0 Å². The van der Waals surface area contributed by atoms with E-state index in [2.05, 4.69) is 45.4 Å². The van der Waals surface area contributed by atoms with E-state index >= 15 is 0 Å². The van der Waals surface area contributed by atoms with Crippen LogP contribution in [0.1, 0.15) is 55.6 Å². The maximum atomic E-state index is 13.6. The third kappa shape index (κ3) is 7.10. The second kappa shape index (κ2) is 12.7. The normalized spacial score (nSPS) is 21.6. The van der Waals surface area contributed by atoms with Crippen molar-refractivity contribution in [1.82, 2.24) is 15.2 Å². The molecular weight excluding hydrogens is 490 g/mol. The number of amides is 2. The molecule has 1 aromatic carbocycles. The van der Waals surface area contributed by atoms with E-state index in [4.69, 9.17) is 14.5 Å². The van der Waals surface area contributed by atoms with Crippen molar-refractivity contribution in [1.29, 1.82) is 0 Å². The number of morpholine rings is 1. The molecule has 2 amide bonds. The highest BCUT2D eigenvalue weighted by Gasteiger charge is 2.28. The minimum Gasteiger partial charge on any atom is -0.381 e. The van der Waals surface area contributed by atoms with Crippen molar-refractivity contribution < 1.29 is 14.3 Å². The molecule has 4 fully saturated rings. The number of hydrogen-bond donors (Lipinski definition) is 1. The Bertz CT molecular complexity index is 1050. The fraction of sp³-hybridized carbons (Fsp3) is 0.613. The third-order valence-corrected chi connectivity index (χ3v) is 8.76. The van der Waals surface area contributed by atoms with E-state index < -0.39 is 0 Å². The lowest BCUT2D eigenvalue weighted by molar-refractivity contribution is 0.0803. The van der Waals surface area contributed by atoms with Crippen LogP contribution in [0.25, 0.3) is 0 Å². The smallest absolute Gasteiger partial charge is 0.322 e. The number of ether oxygens (including phenoxy) is 2. The topological polar surface area (TPSA) is 70.2 Å². The Kier molecular flexibility index (Phi) is 8.62. The van der Waals surface area contributed by atoms with E-state index in [-0.39, 0.29) is 12.1 Å². The van der Waals surface area contributed by atoms with Crippen molar-refractivity contribution in [3.8, 4) is 0 Å². The molecule has 8 heteroatoms. The number of likely N-dealkylation sites (tertiary alicyclic amines) is 1. The number of piperidine rings is 1. The van der Waals surface area contributed by atoms with Gasteiger partial charge in [0.05, 0.1) is 25.1 Å². The van der Waals surface area contributed by atoms with Crippen LogP contribution in [-0.4, -0.2) is 81.1 Å². The van der Waals surface area contributed by atoms with Crippen LogP contribution in [0.4, 0.5) is 16.3 Å². The predicted octanol–water partition coefficient (Wildman–Crippen LogP) is 4.40. The molecule has 0 bridgehead atoms. The van der Waals surface area contributed by atoms with Crippen LogP contribution in [-0.2, 0) is 16.0 Å². The summed E-state index contributed by atoms with van der Waals surface area (Å²) in [6.07, 6.45) is 8.51. The van der Waals surface area contributed by atoms with Gasteiger partial charge in [-0.05, 0) is 86.7 Å². The molecule has 39 heavy (non-hydrogen) atoms. The molecule has 210 valence electrons. The molecule has 1 aromatic heterocycles. The summed E-state index contributed by atoms with van der Waals surface area (Å²) in [7, 11) is 0. The van der Waals surface area contributed by atoms with E-state index in [0.29, 0.717) is 19.1 Å². The molecule has 0 radical (unpaired) electrons. The molecule has 3 aliphatic heterocycles. The van der Waals surface area contributed by atoms with Gasteiger partial charge < -0.3 is 19.7 Å². The molecule has 4 aliphatic rings. The van der Waals surface area contributed by atoms with Crippen LogP contribution < -0.4 is 15.1 Å². The predicted molar refractivity (Wildman–Crippen MR) is 153 cm³/mol. The SMILES string of the molecule is O=C(NC1CCOCC1)N(CC1CCN(Cc2ccc(C3CC3)cc2)CC1)c1ccc(N2CCOCC2)nc1. The van der Waals surface area contributed by atoms with Gasteiger partial charge in [0.1, 0.15) is 5.82 Å². The number of urea groups is 1. The van der Waals surface area contributed by atoms with Crippen LogP contribution in [0.2, 0.25) is 0 Å². The first-order valence-electron chi connectivity index (χ1n) is 15.0. The lowest BCUT2D eigenvalue weighted by Gasteiger charge is -2.36. The summed E-state index contributed by atoms with van der Waals surface area (Å²) in [6, 6.07) is 13.5. The molecule has 0 atom stereocenters. The molecule has 0 unspecified atom stereocenters. The molecule has 1 N–H and O–H groups in total. The first-order chi connectivity index (χ1) is 19.2. The number of hydrogen-bond acceptors (Lipinski definition) is 6. The molecule has 8 nitrogen and oxygen atoms in total. The number of aromatic nitrogens is 1. The average Bonchev–Trinajstić information content (AvgIpc) is 3.84. The van der Waals surface area contributed by atoms with Gasteiger partial charge in [-0.3, -0.25) is 9.80 Å². The number of benzene rings is 1. The summed E-state index contributed by atoms with van der Waals surface area (Å²) in [5.74, 6) is 2.23. The highest BCUT2D eigenvalue weighted by atomic mass is 16.5. The number of nitrogens with one attached hydrogen (secondary N) is 1. The van der Waals surface area contributed by atoms with Crippen molar-refractivity contribution in [3.05, 3.63) is 53.7 Å². The Labute approximate surface area is 232 Å². The summed E-state index contributed by atoms with van der Waals surface area (Å²) in [5.41, 5.74) is 3.78. The second-order valence-electron chi connectivity index (χ2n) is 11.7. The number of nitrogens with zero attached hydrogens (tertiary/aromatic N) is 4. The lowest BCUT2D eigenvalue weighted by atomic mass is 9.95. The van der Waals surface area contributed by atoms with E-state index in [0.717, 1.165) is 95.6 Å². The summed E-state index contributed by atoms with van der Waals surface area (Å²) in [5, 5.41) is 3.29. The first-order valence-corrected chi connectivity index (χ1v) is 15.0. The van der Waals surface area contributed by atoms with Gasteiger partial charge in [-0.2, -0.15) is 0 Å². The van der Waals surface area contributed by atoms with Gasteiger partial charge in [0.15, 0.2) is 0 Å². The molecule has 1 aliphatic carbocycles. The fourth-order valence-electron chi connectivity index (χ4n) is 6.07. The maximum Gasteiger partial charge on any atom is 0.322 e. The zero-order valence-corrected chi connectivity index (χ0v) is 23.1. The molecule has 4 heterocycles.